The van der Waals surface area contributed by atoms with Crippen molar-refractivity contribution in [1.29, 1.82) is 0 Å². The van der Waals surface area contributed by atoms with Crippen molar-refractivity contribution in [2.24, 2.45) is 0 Å². The Labute approximate surface area is 274 Å². The van der Waals surface area contributed by atoms with Gasteiger partial charge in [-0.05, 0) is 85.4 Å². The van der Waals surface area contributed by atoms with Gasteiger partial charge < -0.3 is 19.7 Å². The highest BCUT2D eigenvalue weighted by molar-refractivity contribution is 6.10. The molecule has 0 unspecified atom stereocenters. The van der Waals surface area contributed by atoms with Gasteiger partial charge in [-0.1, -0.05) is 0 Å². The fraction of sp³-hybridized carbons (Fsp3) is 0.441. The summed E-state index contributed by atoms with van der Waals surface area (Å²) in [5.41, 5.74) is 1.28. The van der Waals surface area contributed by atoms with E-state index in [1.807, 2.05) is 36.9 Å². The standard InChI is InChI=1S/C34H42N8O5/c1-20(2)40-11-10-24-14-29(39-41(24)19-30(40)43)38-28-13-22-12-26(36-15-23(22)16-37-28)25-17-35-18-27(21(25)3)42(31(44)46-33(4,5)6)32(45)47-34(7,8)9/h12-18,20H,10-11,19H2,1-9H3,(H,37,38,39). The van der Waals surface area contributed by atoms with Crippen LogP contribution in [0.25, 0.3) is 22.0 Å². The second-order valence-corrected chi connectivity index (χ2v) is 13.8. The first-order valence-corrected chi connectivity index (χ1v) is 15.6. The van der Waals surface area contributed by atoms with Gasteiger partial charge in [0.2, 0.25) is 5.91 Å². The molecule has 13 heteroatoms. The number of carbonyl (C=O) groups excluding carboxylic acids is 3. The normalized spacial score (nSPS) is 13.7. The summed E-state index contributed by atoms with van der Waals surface area (Å²) < 4.78 is 12.9. The fourth-order valence-corrected chi connectivity index (χ4v) is 5.25. The molecule has 0 atom stereocenters. The summed E-state index contributed by atoms with van der Waals surface area (Å²) in [5, 5.41) is 9.55. The van der Waals surface area contributed by atoms with Crippen molar-refractivity contribution in [2.45, 2.75) is 92.5 Å². The molecule has 0 saturated carbocycles. The van der Waals surface area contributed by atoms with Crippen LogP contribution in [0.15, 0.2) is 43.0 Å². The predicted molar refractivity (Wildman–Crippen MR) is 179 cm³/mol. The molecule has 0 spiro atoms. The van der Waals surface area contributed by atoms with Crippen molar-refractivity contribution < 1.29 is 23.9 Å². The number of imide groups is 1. The highest BCUT2D eigenvalue weighted by Gasteiger charge is 2.34. The first kappa shape index (κ1) is 33.3. The summed E-state index contributed by atoms with van der Waals surface area (Å²) in [4.78, 5) is 55.6. The third-order valence-corrected chi connectivity index (χ3v) is 7.42. The Hall–Kier alpha value is -5.07. The van der Waals surface area contributed by atoms with Crippen LogP contribution >= 0.6 is 0 Å². The van der Waals surface area contributed by atoms with E-state index >= 15 is 0 Å². The van der Waals surface area contributed by atoms with E-state index < -0.39 is 23.4 Å². The minimum absolute atomic E-state index is 0.0476. The SMILES string of the molecule is Cc1c(-c2cc3cc(Nc4cc5n(n4)CC(=O)N(C(C)C)CC5)ncc3cn2)cncc1N(C(=O)OC(C)(C)C)C(=O)OC(C)(C)C. The van der Waals surface area contributed by atoms with Crippen LogP contribution in [0.3, 0.4) is 0 Å². The Morgan fingerprint density at radius 2 is 1.55 bits per heavy atom. The summed E-state index contributed by atoms with van der Waals surface area (Å²) >= 11 is 0. The minimum atomic E-state index is -0.875. The Balaban J connectivity index is 1.44. The van der Waals surface area contributed by atoms with E-state index in [1.54, 1.807) is 71.7 Å². The fourth-order valence-electron chi connectivity index (χ4n) is 5.25. The molecular formula is C34H42N8O5. The quantitative estimate of drug-likeness (QED) is 0.259. The summed E-state index contributed by atoms with van der Waals surface area (Å²) in [6, 6.07) is 5.87. The molecule has 248 valence electrons. The van der Waals surface area contributed by atoms with Crippen molar-refractivity contribution in [3.8, 4) is 11.3 Å². The Bertz CT molecular complexity index is 1810. The number of rotatable bonds is 5. The predicted octanol–water partition coefficient (Wildman–Crippen LogP) is 6.41. The largest absolute Gasteiger partial charge is 0.443 e. The molecule has 1 N–H and O–H groups in total. The third kappa shape index (κ3) is 7.67. The van der Waals surface area contributed by atoms with Gasteiger partial charge in [-0.2, -0.15) is 10.00 Å². The van der Waals surface area contributed by atoms with Crippen LogP contribution in [0, 0.1) is 6.92 Å². The number of nitrogens with zero attached hydrogens (tertiary/aromatic N) is 7. The molecule has 0 saturated heterocycles. The van der Waals surface area contributed by atoms with Crippen molar-refractivity contribution in [2.75, 3.05) is 16.8 Å². The molecule has 0 bridgehead atoms. The lowest BCUT2D eigenvalue weighted by atomic mass is 10.0. The molecule has 1 aliphatic rings. The van der Waals surface area contributed by atoms with Crippen LogP contribution in [-0.4, -0.2) is 71.5 Å². The Morgan fingerprint density at radius 3 is 2.19 bits per heavy atom. The number of carbonyl (C=O) groups is 3. The van der Waals surface area contributed by atoms with Crippen LogP contribution in [0.2, 0.25) is 0 Å². The molecular weight excluding hydrogens is 600 g/mol. The minimum Gasteiger partial charge on any atom is -0.443 e. The highest BCUT2D eigenvalue weighted by Crippen LogP contribution is 2.32. The van der Waals surface area contributed by atoms with Crippen LogP contribution in [-0.2, 0) is 27.2 Å². The van der Waals surface area contributed by atoms with Gasteiger partial charge in [-0.3, -0.25) is 19.4 Å². The van der Waals surface area contributed by atoms with E-state index in [0.717, 1.165) is 21.4 Å². The van der Waals surface area contributed by atoms with Gasteiger partial charge in [0.15, 0.2) is 5.82 Å². The van der Waals surface area contributed by atoms with Crippen LogP contribution in [0.1, 0.15) is 66.6 Å². The van der Waals surface area contributed by atoms with E-state index in [4.69, 9.17) is 9.47 Å². The van der Waals surface area contributed by atoms with Crippen LogP contribution < -0.4 is 10.2 Å². The summed E-state index contributed by atoms with van der Waals surface area (Å²) in [5.74, 6) is 1.22. The van der Waals surface area contributed by atoms with Crippen LogP contribution in [0.4, 0.5) is 26.9 Å². The zero-order valence-electron chi connectivity index (χ0n) is 28.4. The third-order valence-electron chi connectivity index (χ3n) is 7.42. The average molecular weight is 643 g/mol. The van der Waals surface area contributed by atoms with Gasteiger partial charge in [0.05, 0.1) is 17.6 Å². The summed E-state index contributed by atoms with van der Waals surface area (Å²) in [6.45, 7) is 17.0. The van der Waals surface area contributed by atoms with Crippen molar-refractivity contribution in [3.05, 3.63) is 54.2 Å². The number of anilines is 3. The first-order chi connectivity index (χ1) is 22.0. The molecule has 0 fully saturated rings. The zero-order valence-corrected chi connectivity index (χ0v) is 28.4. The number of hydrogen-bond donors (Lipinski definition) is 1. The monoisotopic (exact) mass is 642 g/mol. The number of fused-ring (bicyclic) bond motifs is 2. The van der Waals surface area contributed by atoms with Gasteiger partial charge in [0, 0.05) is 60.3 Å². The molecule has 0 aromatic carbocycles. The lowest BCUT2D eigenvalue weighted by Gasteiger charge is -2.29. The number of amides is 3. The van der Waals surface area contributed by atoms with Crippen molar-refractivity contribution in [1.82, 2.24) is 29.6 Å². The van der Waals surface area contributed by atoms with Gasteiger partial charge >= 0.3 is 12.2 Å². The highest BCUT2D eigenvalue weighted by atomic mass is 16.6. The molecule has 1 aliphatic heterocycles. The number of pyridine rings is 3. The molecule has 0 aliphatic carbocycles. The summed E-state index contributed by atoms with van der Waals surface area (Å²) in [7, 11) is 0. The maximum Gasteiger partial charge on any atom is 0.424 e. The Kier molecular flexibility index (Phi) is 8.94. The van der Waals surface area contributed by atoms with E-state index in [2.05, 4.69) is 25.4 Å². The average Bonchev–Trinajstić information content (AvgIpc) is 3.24. The topological polar surface area (TPSA) is 145 Å². The van der Waals surface area contributed by atoms with E-state index in [9.17, 15) is 14.4 Å². The lowest BCUT2D eigenvalue weighted by Crippen LogP contribution is -2.44. The Morgan fingerprint density at radius 1 is 0.894 bits per heavy atom. The molecule has 4 aromatic rings. The maximum absolute atomic E-state index is 13.3. The smallest absolute Gasteiger partial charge is 0.424 e. The number of ether oxygens (including phenoxy) is 2. The lowest BCUT2D eigenvalue weighted by molar-refractivity contribution is -0.133. The molecule has 4 aromatic heterocycles. The van der Waals surface area contributed by atoms with E-state index in [-0.39, 0.29) is 24.2 Å². The zero-order chi connectivity index (χ0) is 34.3. The van der Waals surface area contributed by atoms with E-state index in [1.165, 1.54) is 6.20 Å². The molecule has 3 amide bonds. The molecule has 13 nitrogen and oxygen atoms in total. The van der Waals surface area contributed by atoms with Gasteiger partial charge in [0.25, 0.3) is 0 Å². The van der Waals surface area contributed by atoms with Crippen molar-refractivity contribution >= 4 is 46.2 Å². The van der Waals surface area contributed by atoms with Crippen LogP contribution in [0.5, 0.6) is 0 Å². The van der Waals surface area contributed by atoms with E-state index in [0.29, 0.717) is 41.4 Å². The van der Waals surface area contributed by atoms with Crippen molar-refractivity contribution in [3.63, 3.8) is 0 Å². The van der Waals surface area contributed by atoms with Gasteiger partial charge in [0.1, 0.15) is 23.6 Å². The number of hydrogen-bond acceptors (Lipinski definition) is 10. The molecule has 47 heavy (non-hydrogen) atoms. The first-order valence-electron chi connectivity index (χ1n) is 15.6. The molecule has 5 heterocycles. The second kappa shape index (κ2) is 12.6. The molecule has 5 rings (SSSR count). The van der Waals surface area contributed by atoms with Gasteiger partial charge in [-0.15, -0.1) is 0 Å². The molecule has 0 radical (unpaired) electrons. The number of aromatic nitrogens is 5. The summed E-state index contributed by atoms with van der Waals surface area (Å²) in [6.07, 6.45) is 5.45. The number of nitrogens with one attached hydrogen (secondary N) is 1. The van der Waals surface area contributed by atoms with Gasteiger partial charge in [-0.25, -0.2) is 14.6 Å². The maximum atomic E-state index is 13.3. The second-order valence-electron chi connectivity index (χ2n) is 13.8.